The van der Waals surface area contributed by atoms with Gasteiger partial charge >= 0.3 is 6.18 Å². The average Bonchev–Trinajstić information content (AvgIpc) is 2.72. The lowest BCUT2D eigenvalue weighted by Crippen LogP contribution is -2.49. The summed E-state index contributed by atoms with van der Waals surface area (Å²) in [5.74, 6) is -2.14. The molecule has 2 aromatic rings. The van der Waals surface area contributed by atoms with E-state index in [1.54, 1.807) is 6.07 Å². The number of alkyl halides is 3. The van der Waals surface area contributed by atoms with Crippen molar-refractivity contribution in [2.24, 2.45) is 4.99 Å². The Morgan fingerprint density at radius 2 is 1.79 bits per heavy atom. The number of benzene rings is 2. The number of amides is 2. The van der Waals surface area contributed by atoms with Crippen LogP contribution >= 0.6 is 0 Å². The third-order valence-corrected chi connectivity index (χ3v) is 4.00. The van der Waals surface area contributed by atoms with Crippen LogP contribution in [0.5, 0.6) is 0 Å². The first-order valence-corrected chi connectivity index (χ1v) is 8.24. The molecular formula is C19H15F4N3O2. The summed E-state index contributed by atoms with van der Waals surface area (Å²) in [6.07, 6.45) is -6.21. The molecule has 2 aromatic carbocycles. The van der Waals surface area contributed by atoms with Crippen molar-refractivity contribution in [3.63, 3.8) is 0 Å². The van der Waals surface area contributed by atoms with Crippen LogP contribution in [0.4, 0.5) is 23.2 Å². The highest BCUT2D eigenvalue weighted by molar-refractivity contribution is 6.20. The van der Waals surface area contributed by atoms with Crippen LogP contribution in [-0.2, 0) is 9.59 Å². The summed E-state index contributed by atoms with van der Waals surface area (Å²) in [6, 6.07) is 11.1. The lowest BCUT2D eigenvalue weighted by Gasteiger charge is -2.26. The Morgan fingerprint density at radius 3 is 2.39 bits per heavy atom. The second kappa shape index (κ2) is 7.41. The van der Waals surface area contributed by atoms with Gasteiger partial charge in [-0.2, -0.15) is 13.2 Å². The fourth-order valence-corrected chi connectivity index (χ4v) is 2.90. The Labute approximate surface area is 157 Å². The molecule has 146 valence electrons. The lowest BCUT2D eigenvalue weighted by atomic mass is 10.00. The van der Waals surface area contributed by atoms with Crippen molar-refractivity contribution in [3.8, 4) is 0 Å². The van der Waals surface area contributed by atoms with E-state index in [2.05, 4.69) is 10.3 Å². The first-order valence-electron chi connectivity index (χ1n) is 8.24. The molecule has 0 radical (unpaired) electrons. The molecule has 0 saturated heterocycles. The van der Waals surface area contributed by atoms with Gasteiger partial charge < -0.3 is 5.32 Å². The number of carbonyl (C=O) groups excluding carboxylic acids is 2. The topological polar surface area (TPSA) is 61.8 Å². The third-order valence-electron chi connectivity index (χ3n) is 4.00. The van der Waals surface area contributed by atoms with Gasteiger partial charge in [-0.3, -0.25) is 14.5 Å². The van der Waals surface area contributed by atoms with Crippen LogP contribution in [0, 0.1) is 5.82 Å². The zero-order chi connectivity index (χ0) is 20.5. The smallest absolute Gasteiger partial charge is 0.327 e. The lowest BCUT2D eigenvalue weighted by molar-refractivity contribution is -0.134. The van der Waals surface area contributed by atoms with Crippen molar-refractivity contribution in [1.29, 1.82) is 0 Å². The van der Waals surface area contributed by atoms with Crippen molar-refractivity contribution < 1.29 is 27.2 Å². The standard InChI is InChI=1S/C19H15F4N3O2/c1-11(27)24-17-18(28)26(10-19(21,22)23)15-5-3-2-4-14(15)16(25-17)12-6-8-13(20)9-7-12/h2-9,17H,10H2,1H3,(H,24,27). The van der Waals surface area contributed by atoms with E-state index < -0.39 is 36.5 Å². The highest BCUT2D eigenvalue weighted by Crippen LogP contribution is 2.31. The summed E-state index contributed by atoms with van der Waals surface area (Å²) >= 11 is 0. The number of nitrogens with one attached hydrogen (secondary N) is 1. The number of hydrogen-bond donors (Lipinski definition) is 1. The van der Waals surface area contributed by atoms with Crippen molar-refractivity contribution in [3.05, 3.63) is 65.5 Å². The van der Waals surface area contributed by atoms with Gasteiger partial charge in [0.2, 0.25) is 12.1 Å². The number of nitrogens with zero attached hydrogens (tertiary/aromatic N) is 2. The number of benzodiazepines with no additional fused rings is 1. The number of hydrogen-bond acceptors (Lipinski definition) is 3. The number of anilines is 1. The van der Waals surface area contributed by atoms with Gasteiger partial charge in [-0.1, -0.05) is 18.2 Å². The van der Waals surface area contributed by atoms with E-state index in [-0.39, 0.29) is 17.0 Å². The first kappa shape index (κ1) is 19.5. The van der Waals surface area contributed by atoms with E-state index in [1.807, 2.05) is 0 Å². The molecule has 3 rings (SSSR count). The first-order chi connectivity index (χ1) is 13.2. The van der Waals surface area contributed by atoms with Gasteiger partial charge in [0.1, 0.15) is 12.4 Å². The molecule has 9 heteroatoms. The highest BCUT2D eigenvalue weighted by Gasteiger charge is 2.39. The van der Waals surface area contributed by atoms with Crippen LogP contribution in [0.25, 0.3) is 0 Å². The van der Waals surface area contributed by atoms with Crippen molar-refractivity contribution >= 4 is 23.2 Å². The highest BCUT2D eigenvalue weighted by atomic mass is 19.4. The zero-order valence-corrected chi connectivity index (χ0v) is 14.6. The van der Waals surface area contributed by atoms with Crippen LogP contribution in [0.2, 0.25) is 0 Å². The molecule has 1 atom stereocenters. The van der Waals surface area contributed by atoms with Crippen molar-refractivity contribution in [2.45, 2.75) is 19.3 Å². The summed E-state index contributed by atoms with van der Waals surface area (Å²) in [7, 11) is 0. The SMILES string of the molecule is CC(=O)NC1N=C(c2ccc(F)cc2)c2ccccc2N(CC(F)(F)F)C1=O. The van der Waals surface area contributed by atoms with Gasteiger partial charge in [0.05, 0.1) is 11.4 Å². The fourth-order valence-electron chi connectivity index (χ4n) is 2.90. The maximum atomic E-state index is 13.3. The molecule has 1 unspecified atom stereocenters. The molecule has 1 N–H and O–H groups in total. The van der Waals surface area contributed by atoms with Crippen LogP contribution in [0.15, 0.2) is 53.5 Å². The molecule has 28 heavy (non-hydrogen) atoms. The second-order valence-electron chi connectivity index (χ2n) is 6.14. The molecule has 0 saturated carbocycles. The number of fused-ring (bicyclic) bond motifs is 1. The normalized spacial score (nSPS) is 16.9. The predicted octanol–water partition coefficient (Wildman–Crippen LogP) is 3.03. The Hall–Kier alpha value is -3.23. The zero-order valence-electron chi connectivity index (χ0n) is 14.6. The minimum absolute atomic E-state index is 0.000696. The van der Waals surface area contributed by atoms with E-state index in [0.29, 0.717) is 10.5 Å². The quantitative estimate of drug-likeness (QED) is 0.815. The van der Waals surface area contributed by atoms with Crippen LogP contribution in [-0.4, -0.2) is 36.4 Å². The van der Waals surface area contributed by atoms with Crippen LogP contribution < -0.4 is 10.2 Å². The molecule has 0 aliphatic carbocycles. The van der Waals surface area contributed by atoms with Gasteiger partial charge in [0, 0.05) is 18.1 Å². The number of aliphatic imine (C=N–C) groups is 1. The molecule has 5 nitrogen and oxygen atoms in total. The number of carbonyl (C=O) groups is 2. The van der Waals surface area contributed by atoms with Gasteiger partial charge in [0.25, 0.3) is 5.91 Å². The number of rotatable bonds is 3. The molecular weight excluding hydrogens is 378 g/mol. The Morgan fingerprint density at radius 1 is 1.14 bits per heavy atom. The summed E-state index contributed by atoms with van der Waals surface area (Å²) < 4.78 is 52.7. The predicted molar refractivity (Wildman–Crippen MR) is 94.5 cm³/mol. The van der Waals surface area contributed by atoms with Gasteiger partial charge in [-0.05, 0) is 30.3 Å². The Balaban J connectivity index is 2.21. The minimum Gasteiger partial charge on any atom is -0.327 e. The third kappa shape index (κ3) is 4.19. The molecule has 1 aliphatic rings. The van der Waals surface area contributed by atoms with Crippen LogP contribution in [0.1, 0.15) is 18.1 Å². The largest absolute Gasteiger partial charge is 0.406 e. The van der Waals surface area contributed by atoms with E-state index in [1.165, 1.54) is 42.5 Å². The second-order valence-corrected chi connectivity index (χ2v) is 6.14. The van der Waals surface area contributed by atoms with Gasteiger partial charge in [-0.15, -0.1) is 0 Å². The van der Waals surface area contributed by atoms with E-state index in [0.717, 1.165) is 6.92 Å². The maximum absolute atomic E-state index is 13.3. The van der Waals surface area contributed by atoms with E-state index >= 15 is 0 Å². The minimum atomic E-state index is -4.66. The summed E-state index contributed by atoms with van der Waals surface area (Å²) in [5, 5.41) is 2.27. The summed E-state index contributed by atoms with van der Waals surface area (Å²) in [5.41, 5.74) is 0.832. The van der Waals surface area contributed by atoms with Crippen molar-refractivity contribution in [2.75, 3.05) is 11.4 Å². The van der Waals surface area contributed by atoms with Gasteiger partial charge in [-0.25, -0.2) is 9.38 Å². The average molecular weight is 393 g/mol. The molecule has 1 aliphatic heterocycles. The van der Waals surface area contributed by atoms with E-state index in [4.69, 9.17) is 0 Å². The van der Waals surface area contributed by atoms with E-state index in [9.17, 15) is 27.2 Å². The number of para-hydroxylation sites is 1. The van der Waals surface area contributed by atoms with Crippen molar-refractivity contribution in [1.82, 2.24) is 5.32 Å². The van der Waals surface area contributed by atoms with Crippen LogP contribution in [0.3, 0.4) is 0 Å². The molecule has 0 fully saturated rings. The maximum Gasteiger partial charge on any atom is 0.406 e. The monoisotopic (exact) mass is 393 g/mol. The molecule has 0 aromatic heterocycles. The summed E-state index contributed by atoms with van der Waals surface area (Å²) in [6.45, 7) is -0.405. The summed E-state index contributed by atoms with van der Waals surface area (Å²) in [4.78, 5) is 29.1. The van der Waals surface area contributed by atoms with Gasteiger partial charge in [0.15, 0.2) is 0 Å². The Bertz CT molecular complexity index is 939. The molecule has 0 bridgehead atoms. The molecule has 1 heterocycles. The Kier molecular flexibility index (Phi) is 5.17. The fraction of sp³-hybridized carbons (Fsp3) is 0.211. The molecule has 0 spiro atoms. The number of halogens is 4. The molecule has 2 amide bonds.